The van der Waals surface area contributed by atoms with Crippen molar-refractivity contribution in [3.63, 3.8) is 0 Å². The molecule has 0 aliphatic carbocycles. The van der Waals surface area contributed by atoms with Crippen LogP contribution in [0.2, 0.25) is 0 Å². The van der Waals surface area contributed by atoms with Crippen molar-refractivity contribution in [1.29, 1.82) is 0 Å². The third kappa shape index (κ3) is 1.88. The van der Waals surface area contributed by atoms with Gasteiger partial charge in [-0.2, -0.15) is 0 Å². The van der Waals surface area contributed by atoms with Crippen LogP contribution in [0.25, 0.3) is 0 Å². The van der Waals surface area contributed by atoms with Crippen molar-refractivity contribution in [2.24, 2.45) is 10.9 Å². The largest absolute Gasteiger partial charge is 0.351 e. The van der Waals surface area contributed by atoms with E-state index < -0.39 is 0 Å². The van der Waals surface area contributed by atoms with Crippen molar-refractivity contribution in [2.45, 2.75) is 13.8 Å². The van der Waals surface area contributed by atoms with Crippen LogP contribution in [0.5, 0.6) is 0 Å². The normalized spacial score (nSPS) is 26.4. The number of hydrogen-bond donors (Lipinski definition) is 1. The van der Waals surface area contributed by atoms with Gasteiger partial charge < -0.3 is 5.32 Å². The van der Waals surface area contributed by atoms with Crippen LogP contribution in [0.15, 0.2) is 17.3 Å². The minimum Gasteiger partial charge on any atom is -0.351 e. The number of rotatable bonds is 0. The third-order valence-electron chi connectivity index (χ3n) is 1.33. The second-order valence-electron chi connectivity index (χ2n) is 2.41. The van der Waals surface area contributed by atoms with Crippen LogP contribution in [0.1, 0.15) is 13.8 Å². The van der Waals surface area contributed by atoms with Crippen LogP contribution < -0.4 is 5.32 Å². The van der Waals surface area contributed by atoms with Crippen LogP contribution in [0.3, 0.4) is 0 Å². The Morgan fingerprint density at radius 3 is 3.33 bits per heavy atom. The molecule has 50 valence electrons. The summed E-state index contributed by atoms with van der Waals surface area (Å²) < 4.78 is 0. The topological polar surface area (TPSA) is 24.4 Å². The minimum atomic E-state index is 0.579. The first kappa shape index (κ1) is 6.33. The fraction of sp³-hybridized carbons (Fsp3) is 0.571. The lowest BCUT2D eigenvalue weighted by molar-refractivity contribution is 0.745. The molecule has 0 bridgehead atoms. The number of hydrogen-bond acceptors (Lipinski definition) is 2. The average Bonchev–Trinajstić information content (AvgIpc) is 1.97. The minimum absolute atomic E-state index is 0.579. The Morgan fingerprint density at radius 2 is 2.56 bits per heavy atom. The molecular formula is C7H12N2. The highest BCUT2D eigenvalue weighted by molar-refractivity contribution is 5.80. The van der Waals surface area contributed by atoms with Gasteiger partial charge in [0.25, 0.3) is 0 Å². The average molecular weight is 124 g/mol. The summed E-state index contributed by atoms with van der Waals surface area (Å²) in [6, 6.07) is 0. The zero-order valence-electron chi connectivity index (χ0n) is 5.89. The Labute approximate surface area is 55.7 Å². The summed E-state index contributed by atoms with van der Waals surface area (Å²) in [6.07, 6.45) is 4.08. The highest BCUT2D eigenvalue weighted by atomic mass is 15.0. The summed E-state index contributed by atoms with van der Waals surface area (Å²) in [6.45, 7) is 5.04. The number of amidine groups is 1. The predicted octanol–water partition coefficient (Wildman–Crippen LogP) is 1.16. The maximum absolute atomic E-state index is 4.25. The van der Waals surface area contributed by atoms with E-state index in [4.69, 9.17) is 0 Å². The van der Waals surface area contributed by atoms with Crippen molar-refractivity contribution in [3.05, 3.63) is 12.3 Å². The Hall–Kier alpha value is -0.790. The van der Waals surface area contributed by atoms with Gasteiger partial charge in [0.2, 0.25) is 0 Å². The Bertz CT molecular complexity index is 147. The summed E-state index contributed by atoms with van der Waals surface area (Å²) in [7, 11) is 0. The molecule has 1 aliphatic rings. The molecule has 1 N–H and O–H groups in total. The lowest BCUT2D eigenvalue weighted by atomic mass is 10.2. The quantitative estimate of drug-likeness (QED) is 0.515. The molecule has 1 heterocycles. The van der Waals surface area contributed by atoms with E-state index in [9.17, 15) is 0 Å². The van der Waals surface area contributed by atoms with Crippen molar-refractivity contribution in [3.8, 4) is 0 Å². The molecule has 0 spiro atoms. The van der Waals surface area contributed by atoms with E-state index in [1.54, 1.807) is 0 Å². The molecule has 2 nitrogen and oxygen atoms in total. The molecular weight excluding hydrogens is 112 g/mol. The molecule has 0 radical (unpaired) electrons. The highest BCUT2D eigenvalue weighted by Crippen LogP contribution is 1.99. The smallest absolute Gasteiger partial charge is 0.0971 e. The molecule has 0 fully saturated rings. The fourth-order valence-electron chi connectivity index (χ4n) is 0.720. The Balaban J connectivity index is 2.57. The maximum Gasteiger partial charge on any atom is 0.0971 e. The molecule has 1 unspecified atom stereocenters. The summed E-state index contributed by atoms with van der Waals surface area (Å²) >= 11 is 0. The van der Waals surface area contributed by atoms with Gasteiger partial charge >= 0.3 is 0 Å². The van der Waals surface area contributed by atoms with E-state index in [1.165, 1.54) is 0 Å². The van der Waals surface area contributed by atoms with Crippen molar-refractivity contribution < 1.29 is 0 Å². The highest BCUT2D eigenvalue weighted by Gasteiger charge is 1.97. The molecule has 9 heavy (non-hydrogen) atoms. The van der Waals surface area contributed by atoms with Gasteiger partial charge in [0, 0.05) is 6.54 Å². The lowest BCUT2D eigenvalue weighted by Crippen LogP contribution is -2.11. The third-order valence-corrected chi connectivity index (χ3v) is 1.33. The first-order valence-corrected chi connectivity index (χ1v) is 3.23. The van der Waals surface area contributed by atoms with Gasteiger partial charge in [0.1, 0.15) is 0 Å². The van der Waals surface area contributed by atoms with Gasteiger partial charge in [-0.15, -0.1) is 0 Å². The van der Waals surface area contributed by atoms with E-state index in [1.807, 2.05) is 13.1 Å². The van der Waals surface area contributed by atoms with Crippen LogP contribution in [-0.2, 0) is 0 Å². The lowest BCUT2D eigenvalue weighted by Gasteiger charge is -1.95. The molecule has 0 saturated carbocycles. The van der Waals surface area contributed by atoms with E-state index in [0.717, 1.165) is 12.4 Å². The van der Waals surface area contributed by atoms with Gasteiger partial charge in [0.05, 0.1) is 5.84 Å². The van der Waals surface area contributed by atoms with Crippen LogP contribution in [-0.4, -0.2) is 12.4 Å². The SMILES string of the molecule is CC1=NCC(C)C=CN1. The Morgan fingerprint density at radius 1 is 1.78 bits per heavy atom. The van der Waals surface area contributed by atoms with Gasteiger partial charge in [-0.25, -0.2) is 0 Å². The molecule has 1 rings (SSSR count). The van der Waals surface area contributed by atoms with Gasteiger partial charge in [-0.3, -0.25) is 4.99 Å². The number of aliphatic imine (C=N–C) groups is 1. The van der Waals surface area contributed by atoms with E-state index in [0.29, 0.717) is 5.92 Å². The van der Waals surface area contributed by atoms with E-state index >= 15 is 0 Å². The van der Waals surface area contributed by atoms with Crippen LogP contribution in [0, 0.1) is 5.92 Å². The zero-order valence-corrected chi connectivity index (χ0v) is 5.89. The molecule has 1 aliphatic heterocycles. The number of nitrogens with one attached hydrogen (secondary N) is 1. The Kier molecular flexibility index (Phi) is 1.88. The van der Waals surface area contributed by atoms with E-state index in [2.05, 4.69) is 23.3 Å². The fourth-order valence-corrected chi connectivity index (χ4v) is 0.720. The van der Waals surface area contributed by atoms with E-state index in [-0.39, 0.29) is 0 Å². The molecule has 0 saturated heterocycles. The van der Waals surface area contributed by atoms with Gasteiger partial charge in [0.15, 0.2) is 0 Å². The number of nitrogens with zero attached hydrogens (tertiary/aromatic N) is 1. The summed E-state index contributed by atoms with van der Waals surface area (Å²) in [5.74, 6) is 1.59. The summed E-state index contributed by atoms with van der Waals surface area (Å²) in [5, 5.41) is 3.04. The summed E-state index contributed by atoms with van der Waals surface area (Å²) in [4.78, 5) is 4.25. The molecule has 0 aromatic rings. The van der Waals surface area contributed by atoms with Crippen LogP contribution in [0.4, 0.5) is 0 Å². The van der Waals surface area contributed by atoms with Crippen molar-refractivity contribution in [2.75, 3.05) is 6.54 Å². The second-order valence-corrected chi connectivity index (χ2v) is 2.41. The molecule has 0 aromatic heterocycles. The van der Waals surface area contributed by atoms with Gasteiger partial charge in [-0.05, 0) is 19.0 Å². The maximum atomic E-state index is 4.25. The zero-order chi connectivity index (χ0) is 6.69. The molecule has 0 aromatic carbocycles. The van der Waals surface area contributed by atoms with Crippen molar-refractivity contribution in [1.82, 2.24) is 5.32 Å². The molecule has 1 atom stereocenters. The second kappa shape index (κ2) is 2.67. The predicted molar refractivity (Wildman–Crippen MR) is 39.4 cm³/mol. The first-order valence-electron chi connectivity index (χ1n) is 3.23. The molecule has 2 heteroatoms. The molecule has 0 amide bonds. The standard InChI is InChI=1S/C7H12N2/c1-6-3-4-8-7(2)9-5-6/h3-4,6H,5H2,1-2H3,(H,8,9). The monoisotopic (exact) mass is 124 g/mol. The van der Waals surface area contributed by atoms with Crippen LogP contribution >= 0.6 is 0 Å². The van der Waals surface area contributed by atoms with Crippen molar-refractivity contribution >= 4 is 5.84 Å². The first-order chi connectivity index (χ1) is 4.29. The summed E-state index contributed by atoms with van der Waals surface area (Å²) in [5.41, 5.74) is 0. The van der Waals surface area contributed by atoms with Gasteiger partial charge in [-0.1, -0.05) is 13.0 Å².